The van der Waals surface area contributed by atoms with Gasteiger partial charge in [0.05, 0.1) is 0 Å². The minimum atomic E-state index is 0.566. The summed E-state index contributed by atoms with van der Waals surface area (Å²) in [4.78, 5) is 6.24. The van der Waals surface area contributed by atoms with Gasteiger partial charge < -0.3 is 10.2 Å². The van der Waals surface area contributed by atoms with Gasteiger partial charge in [-0.15, -0.1) is 0 Å². The molecule has 0 saturated carbocycles. The molecule has 0 aliphatic carbocycles. The Hall–Kier alpha value is -0.640. The van der Waals surface area contributed by atoms with Gasteiger partial charge in [-0.25, -0.2) is 4.98 Å². The SMILES string of the molecule is CNCCCN(C)Cc1ccnc(Cl)c1. The van der Waals surface area contributed by atoms with Gasteiger partial charge in [0.2, 0.25) is 0 Å². The standard InChI is InChI=1S/C11H18ClN3/c1-13-5-3-7-15(2)9-10-4-6-14-11(12)8-10/h4,6,8,13H,3,5,7,9H2,1-2H3. The van der Waals surface area contributed by atoms with Crippen LogP contribution in [-0.2, 0) is 6.54 Å². The van der Waals surface area contributed by atoms with Crippen LogP contribution in [-0.4, -0.2) is 37.1 Å². The van der Waals surface area contributed by atoms with Gasteiger partial charge >= 0.3 is 0 Å². The Balaban J connectivity index is 2.34. The number of aromatic nitrogens is 1. The van der Waals surface area contributed by atoms with Gasteiger partial charge in [-0.2, -0.15) is 0 Å². The summed E-state index contributed by atoms with van der Waals surface area (Å²) < 4.78 is 0. The fourth-order valence-electron chi connectivity index (χ4n) is 1.46. The molecular weight excluding hydrogens is 210 g/mol. The Kier molecular flexibility index (Phi) is 5.61. The van der Waals surface area contributed by atoms with Crippen molar-refractivity contribution < 1.29 is 0 Å². The van der Waals surface area contributed by atoms with Crippen molar-refractivity contribution in [1.29, 1.82) is 0 Å². The Morgan fingerprint density at radius 2 is 2.33 bits per heavy atom. The van der Waals surface area contributed by atoms with Crippen molar-refractivity contribution in [2.75, 3.05) is 27.2 Å². The Labute approximate surface area is 96.5 Å². The summed E-state index contributed by atoms with van der Waals surface area (Å²) >= 11 is 5.82. The largest absolute Gasteiger partial charge is 0.320 e. The number of halogens is 1. The van der Waals surface area contributed by atoms with Crippen molar-refractivity contribution in [2.24, 2.45) is 0 Å². The van der Waals surface area contributed by atoms with Crippen molar-refractivity contribution >= 4 is 11.6 Å². The van der Waals surface area contributed by atoms with E-state index in [-0.39, 0.29) is 0 Å². The molecule has 0 amide bonds. The third-order valence-electron chi connectivity index (χ3n) is 2.21. The Morgan fingerprint density at radius 3 is 3.00 bits per heavy atom. The summed E-state index contributed by atoms with van der Waals surface area (Å²) in [7, 11) is 4.09. The summed E-state index contributed by atoms with van der Waals surface area (Å²) in [5.74, 6) is 0. The number of hydrogen-bond acceptors (Lipinski definition) is 3. The molecule has 0 saturated heterocycles. The Morgan fingerprint density at radius 1 is 1.53 bits per heavy atom. The molecule has 0 aliphatic heterocycles. The van der Waals surface area contributed by atoms with Crippen LogP contribution in [0.3, 0.4) is 0 Å². The highest BCUT2D eigenvalue weighted by Crippen LogP contribution is 2.08. The lowest BCUT2D eigenvalue weighted by Gasteiger charge is -2.16. The molecule has 1 aromatic rings. The highest BCUT2D eigenvalue weighted by atomic mass is 35.5. The van der Waals surface area contributed by atoms with E-state index >= 15 is 0 Å². The van der Waals surface area contributed by atoms with Crippen LogP contribution in [0.1, 0.15) is 12.0 Å². The third kappa shape index (κ3) is 5.11. The van der Waals surface area contributed by atoms with Crippen LogP contribution in [0.15, 0.2) is 18.3 Å². The van der Waals surface area contributed by atoms with E-state index in [0.29, 0.717) is 5.15 Å². The van der Waals surface area contributed by atoms with Crippen molar-refractivity contribution in [1.82, 2.24) is 15.2 Å². The highest BCUT2D eigenvalue weighted by molar-refractivity contribution is 6.29. The van der Waals surface area contributed by atoms with E-state index in [1.165, 1.54) is 5.56 Å². The molecule has 1 heterocycles. The van der Waals surface area contributed by atoms with Crippen molar-refractivity contribution in [3.05, 3.63) is 29.0 Å². The highest BCUT2D eigenvalue weighted by Gasteiger charge is 2.00. The predicted octanol–water partition coefficient (Wildman–Crippen LogP) is 1.78. The fourth-order valence-corrected chi connectivity index (χ4v) is 1.65. The molecule has 0 unspecified atom stereocenters. The fraction of sp³-hybridized carbons (Fsp3) is 0.545. The minimum absolute atomic E-state index is 0.566. The smallest absolute Gasteiger partial charge is 0.129 e. The zero-order chi connectivity index (χ0) is 11.1. The maximum Gasteiger partial charge on any atom is 0.129 e. The quantitative estimate of drug-likeness (QED) is 0.593. The van der Waals surface area contributed by atoms with E-state index < -0.39 is 0 Å². The van der Waals surface area contributed by atoms with E-state index in [1.807, 2.05) is 19.2 Å². The van der Waals surface area contributed by atoms with E-state index in [1.54, 1.807) is 6.20 Å². The summed E-state index contributed by atoms with van der Waals surface area (Å²) in [5.41, 5.74) is 1.21. The molecule has 1 N–H and O–H groups in total. The molecule has 0 spiro atoms. The number of rotatable bonds is 6. The Bertz CT molecular complexity index is 291. The number of nitrogens with zero attached hydrogens (tertiary/aromatic N) is 2. The first-order chi connectivity index (χ1) is 7.22. The van der Waals surface area contributed by atoms with Gasteiger partial charge in [0.1, 0.15) is 5.15 Å². The normalized spacial score (nSPS) is 10.9. The van der Waals surface area contributed by atoms with Crippen molar-refractivity contribution in [2.45, 2.75) is 13.0 Å². The number of hydrogen-bond donors (Lipinski definition) is 1. The molecule has 0 bridgehead atoms. The van der Waals surface area contributed by atoms with E-state index in [2.05, 4.69) is 22.2 Å². The first-order valence-corrected chi connectivity index (χ1v) is 5.53. The number of pyridine rings is 1. The lowest BCUT2D eigenvalue weighted by molar-refractivity contribution is 0.321. The lowest BCUT2D eigenvalue weighted by Crippen LogP contribution is -2.22. The second kappa shape index (κ2) is 6.77. The van der Waals surface area contributed by atoms with Crippen LogP contribution in [0, 0.1) is 0 Å². The minimum Gasteiger partial charge on any atom is -0.320 e. The molecule has 1 aromatic heterocycles. The van der Waals surface area contributed by atoms with Gasteiger partial charge in [0, 0.05) is 12.7 Å². The van der Waals surface area contributed by atoms with Crippen LogP contribution in [0.2, 0.25) is 5.15 Å². The number of nitrogens with one attached hydrogen (secondary N) is 1. The van der Waals surface area contributed by atoms with Crippen molar-refractivity contribution in [3.8, 4) is 0 Å². The average Bonchev–Trinajstić information content (AvgIpc) is 2.18. The van der Waals surface area contributed by atoms with Crippen LogP contribution >= 0.6 is 11.6 Å². The van der Waals surface area contributed by atoms with Gasteiger partial charge in [-0.05, 0) is 51.3 Å². The topological polar surface area (TPSA) is 28.2 Å². The van der Waals surface area contributed by atoms with Crippen LogP contribution < -0.4 is 5.32 Å². The molecule has 0 atom stereocenters. The third-order valence-corrected chi connectivity index (χ3v) is 2.42. The zero-order valence-electron chi connectivity index (χ0n) is 9.33. The molecule has 0 aliphatic rings. The molecule has 0 radical (unpaired) electrons. The van der Waals surface area contributed by atoms with Gasteiger partial charge in [-0.3, -0.25) is 0 Å². The van der Waals surface area contributed by atoms with Crippen molar-refractivity contribution in [3.63, 3.8) is 0 Å². The molecule has 0 fully saturated rings. The predicted molar refractivity (Wildman–Crippen MR) is 64.1 cm³/mol. The molecule has 3 nitrogen and oxygen atoms in total. The first kappa shape index (κ1) is 12.4. The van der Waals surface area contributed by atoms with Gasteiger partial charge in [0.15, 0.2) is 0 Å². The summed E-state index contributed by atoms with van der Waals surface area (Å²) in [6.07, 6.45) is 2.91. The molecule has 15 heavy (non-hydrogen) atoms. The van der Waals surface area contributed by atoms with E-state index in [4.69, 9.17) is 11.6 Å². The molecular formula is C11H18ClN3. The maximum absolute atomic E-state index is 5.82. The van der Waals surface area contributed by atoms with Gasteiger partial charge in [0.25, 0.3) is 0 Å². The second-order valence-electron chi connectivity index (χ2n) is 3.68. The first-order valence-electron chi connectivity index (χ1n) is 5.16. The molecule has 84 valence electrons. The second-order valence-corrected chi connectivity index (χ2v) is 4.07. The van der Waals surface area contributed by atoms with Crippen LogP contribution in [0.25, 0.3) is 0 Å². The summed E-state index contributed by atoms with van der Waals surface area (Å²) in [6, 6.07) is 3.91. The zero-order valence-corrected chi connectivity index (χ0v) is 10.1. The monoisotopic (exact) mass is 227 g/mol. The summed E-state index contributed by atoms with van der Waals surface area (Å²) in [5, 5.41) is 3.70. The molecule has 4 heteroatoms. The van der Waals surface area contributed by atoms with Crippen LogP contribution in [0.4, 0.5) is 0 Å². The van der Waals surface area contributed by atoms with E-state index in [9.17, 15) is 0 Å². The van der Waals surface area contributed by atoms with Crippen LogP contribution in [0.5, 0.6) is 0 Å². The van der Waals surface area contributed by atoms with Gasteiger partial charge in [-0.1, -0.05) is 11.6 Å². The maximum atomic E-state index is 5.82. The average molecular weight is 228 g/mol. The van der Waals surface area contributed by atoms with E-state index in [0.717, 1.165) is 26.1 Å². The molecule has 1 rings (SSSR count). The lowest BCUT2D eigenvalue weighted by atomic mass is 10.2. The summed E-state index contributed by atoms with van der Waals surface area (Å²) in [6.45, 7) is 3.06. The molecule has 0 aromatic carbocycles.